The number of benzene rings is 1. The minimum Gasteiger partial charge on any atom is -0.481 e. The third-order valence-corrected chi connectivity index (χ3v) is 6.48. The second kappa shape index (κ2) is 7.96. The Labute approximate surface area is 171 Å². The van der Waals surface area contributed by atoms with Crippen LogP contribution in [0, 0.1) is 11.8 Å². The highest BCUT2D eigenvalue weighted by molar-refractivity contribution is 7.20. The molecule has 0 spiro atoms. The molecule has 4 rings (SSSR count). The monoisotopic (exact) mass is 415 g/mol. The summed E-state index contributed by atoms with van der Waals surface area (Å²) in [6, 6.07) is 11.2. The van der Waals surface area contributed by atoms with Crippen LogP contribution < -0.4 is 5.32 Å². The highest BCUT2D eigenvalue weighted by Gasteiger charge is 2.55. The van der Waals surface area contributed by atoms with Crippen LogP contribution in [0.25, 0.3) is 10.4 Å². The molecule has 2 N–H and O–H groups in total. The van der Waals surface area contributed by atoms with Crippen molar-refractivity contribution in [3.05, 3.63) is 42.0 Å². The number of carboxylic acid groups (broad SMARTS) is 1. The zero-order valence-corrected chi connectivity index (χ0v) is 16.6. The van der Waals surface area contributed by atoms with Crippen molar-refractivity contribution in [1.82, 2.24) is 0 Å². The zero-order valence-electron chi connectivity index (χ0n) is 15.8. The number of carbonyl (C=O) groups excluding carboxylic acids is 2. The Hall–Kier alpha value is -2.71. The van der Waals surface area contributed by atoms with E-state index in [2.05, 4.69) is 5.32 Å². The highest BCUT2D eigenvalue weighted by Crippen LogP contribution is 2.45. The molecule has 8 heteroatoms. The number of carboxylic acids is 1. The molecule has 2 aromatic rings. The maximum Gasteiger partial charge on any atom is 0.341 e. The second-order valence-electron chi connectivity index (χ2n) is 7.11. The van der Waals surface area contributed by atoms with E-state index in [0.717, 1.165) is 10.4 Å². The fourth-order valence-electron chi connectivity index (χ4n) is 4.11. The predicted octanol–water partition coefficient (Wildman–Crippen LogP) is 3.41. The van der Waals surface area contributed by atoms with Crippen molar-refractivity contribution >= 4 is 34.2 Å². The maximum atomic E-state index is 13.0. The Morgan fingerprint density at radius 1 is 1.17 bits per heavy atom. The van der Waals surface area contributed by atoms with E-state index in [1.807, 2.05) is 30.3 Å². The number of rotatable bonds is 6. The topological polar surface area (TPSA) is 102 Å². The maximum absolute atomic E-state index is 13.0. The molecular formula is C21H21NO6S. The Balaban J connectivity index is 1.63. The van der Waals surface area contributed by atoms with Gasteiger partial charge in [-0.1, -0.05) is 30.3 Å². The third-order valence-electron chi connectivity index (χ3n) is 5.38. The number of amides is 1. The number of thiophene rings is 1. The largest absolute Gasteiger partial charge is 0.481 e. The van der Waals surface area contributed by atoms with Gasteiger partial charge in [-0.05, 0) is 31.4 Å². The highest BCUT2D eigenvalue weighted by atomic mass is 32.1. The molecule has 2 aliphatic rings. The van der Waals surface area contributed by atoms with E-state index in [-0.39, 0.29) is 12.2 Å². The summed E-state index contributed by atoms with van der Waals surface area (Å²) in [7, 11) is 0. The van der Waals surface area contributed by atoms with Crippen molar-refractivity contribution in [3.8, 4) is 10.4 Å². The van der Waals surface area contributed by atoms with E-state index in [1.54, 1.807) is 13.0 Å². The zero-order chi connectivity index (χ0) is 20.5. The number of aliphatic carboxylic acids is 1. The number of ether oxygens (including phenoxy) is 2. The fourth-order valence-corrected chi connectivity index (χ4v) is 5.16. The molecule has 2 bridgehead atoms. The number of carbonyl (C=O) groups is 3. The Morgan fingerprint density at radius 2 is 1.86 bits per heavy atom. The van der Waals surface area contributed by atoms with Crippen LogP contribution in [0.3, 0.4) is 0 Å². The van der Waals surface area contributed by atoms with Gasteiger partial charge in [-0.3, -0.25) is 9.59 Å². The van der Waals surface area contributed by atoms with Gasteiger partial charge in [0.05, 0.1) is 36.2 Å². The molecule has 2 aliphatic heterocycles. The fraction of sp³-hybridized carbons (Fsp3) is 0.381. The van der Waals surface area contributed by atoms with Crippen LogP contribution in [0.1, 0.15) is 30.1 Å². The summed E-state index contributed by atoms with van der Waals surface area (Å²) < 4.78 is 10.8. The van der Waals surface area contributed by atoms with Gasteiger partial charge in [0.25, 0.3) is 0 Å². The quantitative estimate of drug-likeness (QED) is 0.701. The first-order valence-electron chi connectivity index (χ1n) is 9.55. The van der Waals surface area contributed by atoms with Crippen LogP contribution in [0.2, 0.25) is 0 Å². The van der Waals surface area contributed by atoms with Crippen molar-refractivity contribution in [2.24, 2.45) is 11.8 Å². The van der Waals surface area contributed by atoms with Crippen molar-refractivity contribution in [3.63, 3.8) is 0 Å². The predicted molar refractivity (Wildman–Crippen MR) is 107 cm³/mol. The average molecular weight is 415 g/mol. The molecule has 0 saturated carbocycles. The number of anilines is 1. The number of hydrogen-bond acceptors (Lipinski definition) is 6. The molecule has 4 atom stereocenters. The molecular weight excluding hydrogens is 394 g/mol. The SMILES string of the molecule is CCOC(=O)c1cc(-c2ccccc2)sc1NC(=O)[C@H]1[C@@H](C(=O)O)[C@H]2CC[C@H]1O2. The molecule has 2 saturated heterocycles. The van der Waals surface area contributed by atoms with Gasteiger partial charge in [0.2, 0.25) is 5.91 Å². The summed E-state index contributed by atoms with van der Waals surface area (Å²) >= 11 is 1.26. The van der Waals surface area contributed by atoms with E-state index in [9.17, 15) is 19.5 Å². The first-order chi connectivity index (χ1) is 14.0. The minimum atomic E-state index is -1.03. The minimum absolute atomic E-state index is 0.212. The number of esters is 1. The van der Waals surface area contributed by atoms with Crippen LogP contribution >= 0.6 is 11.3 Å². The molecule has 1 aromatic heterocycles. The summed E-state index contributed by atoms with van der Waals surface area (Å²) in [5, 5.41) is 12.7. The van der Waals surface area contributed by atoms with Gasteiger partial charge in [-0.2, -0.15) is 0 Å². The standard InChI is InChI=1S/C21H21NO6S/c1-2-27-21(26)12-10-15(11-6-4-3-5-7-11)29-19(12)22-18(23)16-13-8-9-14(28-13)17(16)20(24)25/h3-7,10,13-14,16-17H,2,8-9H2,1H3,(H,22,23)(H,24,25)/t13-,14-,16-,17+/m1/s1. The molecule has 0 unspecified atom stereocenters. The molecule has 152 valence electrons. The van der Waals surface area contributed by atoms with E-state index in [1.165, 1.54) is 11.3 Å². The Kier molecular flexibility index (Phi) is 5.38. The number of nitrogens with one attached hydrogen (secondary N) is 1. The molecule has 29 heavy (non-hydrogen) atoms. The Bertz CT molecular complexity index is 940. The first-order valence-corrected chi connectivity index (χ1v) is 10.4. The summed E-state index contributed by atoms with van der Waals surface area (Å²) in [6.07, 6.45) is 0.481. The van der Waals surface area contributed by atoms with E-state index >= 15 is 0 Å². The molecule has 1 aromatic carbocycles. The molecule has 0 aliphatic carbocycles. The first kappa shape index (κ1) is 19.6. The van der Waals surface area contributed by atoms with Gasteiger partial charge >= 0.3 is 11.9 Å². The lowest BCUT2D eigenvalue weighted by Gasteiger charge is -2.23. The van der Waals surface area contributed by atoms with E-state index in [0.29, 0.717) is 17.8 Å². The smallest absolute Gasteiger partial charge is 0.341 e. The third kappa shape index (κ3) is 3.65. The average Bonchev–Trinajstić information content (AvgIpc) is 3.43. The number of fused-ring (bicyclic) bond motifs is 2. The van der Waals surface area contributed by atoms with Gasteiger partial charge in [0, 0.05) is 4.88 Å². The van der Waals surface area contributed by atoms with Crippen LogP contribution in [0.15, 0.2) is 36.4 Å². The van der Waals surface area contributed by atoms with Crippen molar-refractivity contribution in [2.75, 3.05) is 11.9 Å². The van der Waals surface area contributed by atoms with Gasteiger partial charge in [0.1, 0.15) is 5.00 Å². The van der Waals surface area contributed by atoms with E-state index < -0.39 is 41.9 Å². The summed E-state index contributed by atoms with van der Waals surface area (Å²) in [5.74, 6) is -3.63. The number of hydrogen-bond donors (Lipinski definition) is 2. The summed E-state index contributed by atoms with van der Waals surface area (Å²) in [5.41, 5.74) is 1.18. The van der Waals surface area contributed by atoms with Gasteiger partial charge in [0.15, 0.2) is 0 Å². The van der Waals surface area contributed by atoms with E-state index in [4.69, 9.17) is 9.47 Å². The van der Waals surface area contributed by atoms with Crippen LogP contribution in [0.4, 0.5) is 5.00 Å². The van der Waals surface area contributed by atoms with Crippen molar-refractivity contribution in [1.29, 1.82) is 0 Å². The summed E-state index contributed by atoms with van der Waals surface area (Å²) in [4.78, 5) is 37.9. The van der Waals surface area contributed by atoms with Crippen molar-refractivity contribution < 1.29 is 29.0 Å². The molecule has 2 fully saturated rings. The lowest BCUT2D eigenvalue weighted by atomic mass is 9.79. The lowest BCUT2D eigenvalue weighted by Crippen LogP contribution is -2.41. The van der Waals surface area contributed by atoms with Crippen LogP contribution in [0.5, 0.6) is 0 Å². The van der Waals surface area contributed by atoms with Gasteiger partial charge in [-0.15, -0.1) is 11.3 Å². The lowest BCUT2D eigenvalue weighted by molar-refractivity contribution is -0.147. The second-order valence-corrected chi connectivity index (χ2v) is 8.16. The molecule has 7 nitrogen and oxygen atoms in total. The normalized spacial score (nSPS) is 25.0. The van der Waals surface area contributed by atoms with Crippen LogP contribution in [-0.2, 0) is 19.1 Å². The van der Waals surface area contributed by atoms with Crippen molar-refractivity contribution in [2.45, 2.75) is 32.0 Å². The molecule has 1 amide bonds. The molecule has 3 heterocycles. The van der Waals surface area contributed by atoms with Gasteiger partial charge in [-0.25, -0.2) is 4.79 Å². The summed E-state index contributed by atoms with van der Waals surface area (Å²) in [6.45, 7) is 1.93. The Morgan fingerprint density at radius 3 is 2.52 bits per heavy atom. The van der Waals surface area contributed by atoms with Crippen LogP contribution in [-0.4, -0.2) is 41.8 Å². The van der Waals surface area contributed by atoms with Gasteiger partial charge < -0.3 is 19.9 Å². The molecule has 0 radical (unpaired) electrons.